The number of nitrogens with one attached hydrogen (secondary N) is 1. The van der Waals surface area contributed by atoms with Gasteiger partial charge in [0.2, 0.25) is 0 Å². The second-order valence-electron chi connectivity index (χ2n) is 6.19. The van der Waals surface area contributed by atoms with E-state index in [0.29, 0.717) is 5.54 Å². The van der Waals surface area contributed by atoms with Crippen molar-refractivity contribution in [3.63, 3.8) is 0 Å². The van der Waals surface area contributed by atoms with E-state index >= 15 is 0 Å². The third-order valence-corrected chi connectivity index (χ3v) is 4.56. The van der Waals surface area contributed by atoms with Gasteiger partial charge < -0.3 is 14.8 Å². The summed E-state index contributed by atoms with van der Waals surface area (Å²) in [5.74, 6) is 0. The van der Waals surface area contributed by atoms with Gasteiger partial charge >= 0.3 is 0 Å². The fourth-order valence-electron chi connectivity index (χ4n) is 3.25. The quantitative estimate of drug-likeness (QED) is 0.816. The summed E-state index contributed by atoms with van der Waals surface area (Å²) >= 11 is 0. The molecule has 2 rings (SSSR count). The summed E-state index contributed by atoms with van der Waals surface area (Å²) in [6, 6.07) is 2.24. The van der Waals surface area contributed by atoms with E-state index in [1.165, 1.54) is 37.7 Å². The number of aryl methyl sites for hydroxylation is 1. The summed E-state index contributed by atoms with van der Waals surface area (Å²) in [5, 5.41) is 3.67. The van der Waals surface area contributed by atoms with Gasteiger partial charge in [0.25, 0.3) is 0 Å². The van der Waals surface area contributed by atoms with Gasteiger partial charge in [-0.05, 0) is 45.0 Å². The largest absolute Gasteiger partial charge is 0.354 e. The Morgan fingerprint density at radius 1 is 1.32 bits per heavy atom. The highest BCUT2D eigenvalue weighted by molar-refractivity contribution is 5.10. The third-order valence-electron chi connectivity index (χ3n) is 4.56. The lowest BCUT2D eigenvalue weighted by Gasteiger charge is -2.36. The van der Waals surface area contributed by atoms with Crippen molar-refractivity contribution in [2.45, 2.75) is 57.7 Å². The first kappa shape index (κ1) is 14.6. The van der Waals surface area contributed by atoms with Crippen LogP contribution in [0.1, 0.15) is 44.6 Å². The van der Waals surface area contributed by atoms with Crippen molar-refractivity contribution < 1.29 is 0 Å². The molecule has 1 aliphatic rings. The van der Waals surface area contributed by atoms with Crippen LogP contribution in [0, 0.1) is 0 Å². The van der Waals surface area contributed by atoms with Gasteiger partial charge in [0.1, 0.15) is 0 Å². The molecule has 0 atom stereocenters. The average molecular weight is 263 g/mol. The fraction of sp³-hybridized carbons (Fsp3) is 0.750. The minimum absolute atomic E-state index is 0.395. The zero-order valence-electron chi connectivity index (χ0n) is 12.8. The number of aromatic nitrogens is 1. The summed E-state index contributed by atoms with van der Waals surface area (Å²) in [4.78, 5) is 2.43. The lowest BCUT2D eigenvalue weighted by atomic mass is 9.96. The Labute approximate surface area is 118 Å². The first-order chi connectivity index (χ1) is 9.16. The van der Waals surface area contributed by atoms with E-state index < -0.39 is 0 Å². The minimum atomic E-state index is 0.395. The molecule has 108 valence electrons. The van der Waals surface area contributed by atoms with E-state index in [1.54, 1.807) is 0 Å². The van der Waals surface area contributed by atoms with Crippen molar-refractivity contribution in [1.82, 2.24) is 14.8 Å². The average Bonchev–Trinajstić information content (AvgIpc) is 3.00. The van der Waals surface area contributed by atoms with Gasteiger partial charge in [-0.3, -0.25) is 0 Å². The van der Waals surface area contributed by atoms with Crippen LogP contribution in [0.25, 0.3) is 0 Å². The summed E-state index contributed by atoms with van der Waals surface area (Å²) < 4.78 is 2.29. The maximum absolute atomic E-state index is 3.67. The zero-order valence-corrected chi connectivity index (χ0v) is 12.8. The topological polar surface area (TPSA) is 20.2 Å². The molecule has 3 heteroatoms. The molecule has 0 aliphatic heterocycles. The van der Waals surface area contributed by atoms with Crippen LogP contribution in [0.4, 0.5) is 0 Å². The van der Waals surface area contributed by atoms with Crippen molar-refractivity contribution in [2.24, 2.45) is 0 Å². The van der Waals surface area contributed by atoms with Crippen LogP contribution in [0.3, 0.4) is 0 Å². The van der Waals surface area contributed by atoms with Crippen molar-refractivity contribution >= 4 is 0 Å². The van der Waals surface area contributed by atoms with Crippen molar-refractivity contribution in [2.75, 3.05) is 20.6 Å². The van der Waals surface area contributed by atoms with E-state index in [9.17, 15) is 0 Å². The van der Waals surface area contributed by atoms with Gasteiger partial charge in [0.05, 0.1) is 0 Å². The highest BCUT2D eigenvalue weighted by Gasteiger charge is 2.35. The van der Waals surface area contributed by atoms with Crippen LogP contribution in [0.2, 0.25) is 0 Å². The van der Waals surface area contributed by atoms with Crippen molar-refractivity contribution in [1.29, 1.82) is 0 Å². The molecular formula is C16H29N3. The van der Waals surface area contributed by atoms with Gasteiger partial charge in [0.15, 0.2) is 0 Å². The Balaban J connectivity index is 1.81. The zero-order chi connectivity index (χ0) is 13.7. The van der Waals surface area contributed by atoms with Crippen LogP contribution in [0.5, 0.6) is 0 Å². The predicted octanol–water partition coefficient (Wildman–Crippen LogP) is 2.86. The third kappa shape index (κ3) is 3.61. The van der Waals surface area contributed by atoms with Crippen LogP contribution >= 0.6 is 0 Å². The second kappa shape index (κ2) is 6.58. The molecule has 1 N–H and O–H groups in total. The summed E-state index contributed by atoms with van der Waals surface area (Å²) in [5.41, 5.74) is 1.80. The van der Waals surface area contributed by atoms with E-state index in [-0.39, 0.29) is 0 Å². The molecule has 1 saturated carbocycles. The second-order valence-corrected chi connectivity index (χ2v) is 6.19. The fourth-order valence-corrected chi connectivity index (χ4v) is 3.25. The molecule has 0 amide bonds. The molecule has 1 fully saturated rings. The normalized spacial score (nSPS) is 18.3. The van der Waals surface area contributed by atoms with Gasteiger partial charge in [-0.15, -0.1) is 0 Å². The number of likely N-dealkylation sites (N-methyl/N-ethyl adjacent to an activating group) is 1. The van der Waals surface area contributed by atoms with Gasteiger partial charge in [-0.2, -0.15) is 0 Å². The van der Waals surface area contributed by atoms with E-state index in [0.717, 1.165) is 19.6 Å². The number of rotatable bonds is 7. The molecule has 1 aromatic heterocycles. The summed E-state index contributed by atoms with van der Waals surface area (Å²) in [6.45, 7) is 5.45. The summed E-state index contributed by atoms with van der Waals surface area (Å²) in [6.07, 6.45) is 11.1. The standard InChI is InChI=1S/C16H29N3/c1-4-10-19-11-7-15(13-19)12-17-14-16(18(2)3)8-5-6-9-16/h7,11,13,17H,4-6,8-10,12,14H2,1-3H3. The van der Waals surface area contributed by atoms with E-state index in [2.05, 4.69) is 54.3 Å². The molecule has 19 heavy (non-hydrogen) atoms. The molecular weight excluding hydrogens is 234 g/mol. The Morgan fingerprint density at radius 2 is 2.05 bits per heavy atom. The minimum Gasteiger partial charge on any atom is -0.354 e. The lowest BCUT2D eigenvalue weighted by molar-refractivity contribution is 0.153. The van der Waals surface area contributed by atoms with Crippen LogP contribution in [-0.4, -0.2) is 35.6 Å². The molecule has 0 saturated heterocycles. The van der Waals surface area contributed by atoms with Gasteiger partial charge in [-0.25, -0.2) is 0 Å². The Hall–Kier alpha value is -0.800. The first-order valence-corrected chi connectivity index (χ1v) is 7.69. The molecule has 0 aromatic carbocycles. The maximum Gasteiger partial charge on any atom is 0.0328 e. The van der Waals surface area contributed by atoms with E-state index in [4.69, 9.17) is 0 Å². The Bertz CT molecular complexity index is 375. The Morgan fingerprint density at radius 3 is 2.68 bits per heavy atom. The van der Waals surface area contributed by atoms with Crippen molar-refractivity contribution in [3.05, 3.63) is 24.0 Å². The monoisotopic (exact) mass is 263 g/mol. The van der Waals surface area contributed by atoms with E-state index in [1.807, 2.05) is 0 Å². The highest BCUT2D eigenvalue weighted by Crippen LogP contribution is 2.33. The van der Waals surface area contributed by atoms with Crippen LogP contribution in [0.15, 0.2) is 18.5 Å². The Kier molecular flexibility index (Phi) is 5.06. The number of hydrogen-bond donors (Lipinski definition) is 1. The molecule has 0 radical (unpaired) electrons. The van der Waals surface area contributed by atoms with Gasteiger partial charge in [0, 0.05) is 37.6 Å². The number of hydrogen-bond acceptors (Lipinski definition) is 2. The van der Waals surface area contributed by atoms with Crippen LogP contribution < -0.4 is 5.32 Å². The van der Waals surface area contributed by atoms with Crippen molar-refractivity contribution in [3.8, 4) is 0 Å². The molecule has 0 spiro atoms. The maximum atomic E-state index is 3.67. The molecule has 3 nitrogen and oxygen atoms in total. The SMILES string of the molecule is CCCn1ccc(CNCC2(N(C)C)CCCC2)c1. The predicted molar refractivity (Wildman–Crippen MR) is 81.3 cm³/mol. The molecule has 0 unspecified atom stereocenters. The highest BCUT2D eigenvalue weighted by atomic mass is 15.2. The molecule has 1 aromatic rings. The molecule has 0 bridgehead atoms. The lowest BCUT2D eigenvalue weighted by Crippen LogP contribution is -2.49. The molecule has 1 heterocycles. The van der Waals surface area contributed by atoms with Gasteiger partial charge in [-0.1, -0.05) is 19.8 Å². The number of nitrogens with zero attached hydrogens (tertiary/aromatic N) is 2. The molecule has 1 aliphatic carbocycles. The first-order valence-electron chi connectivity index (χ1n) is 7.69. The van der Waals surface area contributed by atoms with Crippen LogP contribution in [-0.2, 0) is 13.1 Å². The summed E-state index contributed by atoms with van der Waals surface area (Å²) in [7, 11) is 4.45. The smallest absolute Gasteiger partial charge is 0.0328 e.